The Morgan fingerprint density at radius 1 is 1.04 bits per heavy atom. The van der Waals surface area contributed by atoms with Crippen LogP contribution in [-0.4, -0.2) is 58.0 Å². The molecule has 0 saturated carbocycles. The van der Waals surface area contributed by atoms with Gasteiger partial charge < -0.3 is 9.80 Å². The van der Waals surface area contributed by atoms with Crippen molar-refractivity contribution in [1.82, 2.24) is 20.0 Å². The first-order valence-corrected chi connectivity index (χ1v) is 9.52. The number of amides is 2. The summed E-state index contributed by atoms with van der Waals surface area (Å²) in [6.07, 6.45) is 0. The molecule has 0 bridgehead atoms. The SMILES string of the molecule is CC(C)(C)c1cc(C(=O)N2CCN(C(=O)c3cccc(Cl)c3Cl)CC2)n[nH]1. The highest BCUT2D eigenvalue weighted by Crippen LogP contribution is 2.27. The van der Waals surface area contributed by atoms with Crippen LogP contribution in [0.4, 0.5) is 0 Å². The van der Waals surface area contributed by atoms with Crippen molar-refractivity contribution in [3.05, 3.63) is 51.3 Å². The monoisotopic (exact) mass is 408 g/mol. The summed E-state index contributed by atoms with van der Waals surface area (Å²) in [6.45, 7) is 7.93. The maximum atomic E-state index is 12.7. The number of carbonyl (C=O) groups is 2. The van der Waals surface area contributed by atoms with Gasteiger partial charge in [0.2, 0.25) is 0 Å². The van der Waals surface area contributed by atoms with Gasteiger partial charge in [0.1, 0.15) is 5.69 Å². The van der Waals surface area contributed by atoms with E-state index in [0.717, 1.165) is 5.69 Å². The molecule has 0 radical (unpaired) electrons. The molecule has 2 heterocycles. The van der Waals surface area contributed by atoms with Crippen LogP contribution in [0.15, 0.2) is 24.3 Å². The molecule has 8 heteroatoms. The van der Waals surface area contributed by atoms with Gasteiger partial charge in [-0.05, 0) is 18.2 Å². The number of nitrogens with one attached hydrogen (secondary N) is 1. The molecule has 1 N–H and O–H groups in total. The smallest absolute Gasteiger partial charge is 0.274 e. The van der Waals surface area contributed by atoms with Crippen LogP contribution >= 0.6 is 23.2 Å². The van der Waals surface area contributed by atoms with Crippen molar-refractivity contribution < 1.29 is 9.59 Å². The molecular formula is C19H22Cl2N4O2. The fourth-order valence-corrected chi connectivity index (χ4v) is 3.31. The molecule has 3 rings (SSSR count). The van der Waals surface area contributed by atoms with Crippen LogP contribution in [0.2, 0.25) is 10.0 Å². The highest BCUT2D eigenvalue weighted by atomic mass is 35.5. The number of hydrogen-bond donors (Lipinski definition) is 1. The third-order valence-electron chi connectivity index (χ3n) is 4.64. The maximum Gasteiger partial charge on any atom is 0.274 e. The summed E-state index contributed by atoms with van der Waals surface area (Å²) in [6, 6.07) is 6.80. The van der Waals surface area contributed by atoms with Crippen LogP contribution in [0.5, 0.6) is 0 Å². The Morgan fingerprint density at radius 2 is 1.63 bits per heavy atom. The number of halogens is 2. The third kappa shape index (κ3) is 4.12. The first kappa shape index (κ1) is 19.7. The lowest BCUT2D eigenvalue weighted by atomic mass is 9.92. The number of aromatic nitrogens is 2. The van der Waals surface area contributed by atoms with Gasteiger partial charge in [-0.1, -0.05) is 50.0 Å². The summed E-state index contributed by atoms with van der Waals surface area (Å²) in [7, 11) is 0. The quantitative estimate of drug-likeness (QED) is 0.824. The van der Waals surface area contributed by atoms with Crippen molar-refractivity contribution >= 4 is 35.0 Å². The van der Waals surface area contributed by atoms with Crippen LogP contribution < -0.4 is 0 Å². The summed E-state index contributed by atoms with van der Waals surface area (Å²) < 4.78 is 0. The van der Waals surface area contributed by atoms with E-state index in [1.54, 1.807) is 34.1 Å². The van der Waals surface area contributed by atoms with Gasteiger partial charge in [0.15, 0.2) is 0 Å². The lowest BCUT2D eigenvalue weighted by Crippen LogP contribution is -2.50. The average molecular weight is 409 g/mol. The largest absolute Gasteiger partial charge is 0.335 e. The van der Waals surface area contributed by atoms with Gasteiger partial charge >= 0.3 is 0 Å². The van der Waals surface area contributed by atoms with E-state index in [2.05, 4.69) is 31.0 Å². The minimum atomic E-state index is -0.176. The molecular weight excluding hydrogens is 387 g/mol. The number of carbonyl (C=O) groups excluding carboxylic acids is 2. The summed E-state index contributed by atoms with van der Waals surface area (Å²) in [5.74, 6) is -0.306. The van der Waals surface area contributed by atoms with Gasteiger partial charge in [-0.2, -0.15) is 5.10 Å². The zero-order chi connectivity index (χ0) is 19.8. The zero-order valence-electron chi connectivity index (χ0n) is 15.6. The molecule has 1 aromatic heterocycles. The lowest BCUT2D eigenvalue weighted by molar-refractivity contribution is 0.0532. The molecule has 6 nitrogen and oxygen atoms in total. The first-order valence-electron chi connectivity index (χ1n) is 8.77. The van der Waals surface area contributed by atoms with E-state index < -0.39 is 0 Å². The van der Waals surface area contributed by atoms with Crippen molar-refractivity contribution in [3.8, 4) is 0 Å². The van der Waals surface area contributed by atoms with Gasteiger partial charge in [-0.25, -0.2) is 0 Å². The Hall–Kier alpha value is -2.05. The van der Waals surface area contributed by atoms with E-state index in [1.165, 1.54) is 0 Å². The Kier molecular flexibility index (Phi) is 5.49. The molecule has 0 unspecified atom stereocenters. The minimum absolute atomic E-state index is 0.104. The molecule has 1 aromatic carbocycles. The number of nitrogens with zero attached hydrogens (tertiary/aromatic N) is 3. The first-order chi connectivity index (χ1) is 12.7. The van der Waals surface area contributed by atoms with Crippen LogP contribution in [0.3, 0.4) is 0 Å². The van der Waals surface area contributed by atoms with Gasteiger partial charge in [0, 0.05) is 37.3 Å². The molecule has 27 heavy (non-hydrogen) atoms. The van der Waals surface area contributed by atoms with E-state index in [4.69, 9.17) is 23.2 Å². The molecule has 1 aliphatic heterocycles. The summed E-state index contributed by atoms with van der Waals surface area (Å²) in [5, 5.41) is 7.70. The number of benzene rings is 1. The highest BCUT2D eigenvalue weighted by Gasteiger charge is 2.28. The van der Waals surface area contributed by atoms with Gasteiger partial charge in [0.05, 0.1) is 15.6 Å². The zero-order valence-corrected chi connectivity index (χ0v) is 17.1. The van der Waals surface area contributed by atoms with E-state index in [9.17, 15) is 9.59 Å². The predicted molar refractivity (Wildman–Crippen MR) is 106 cm³/mol. The van der Waals surface area contributed by atoms with E-state index in [-0.39, 0.29) is 22.3 Å². The molecule has 1 aliphatic rings. The second kappa shape index (κ2) is 7.52. The molecule has 0 aliphatic carbocycles. The fourth-order valence-electron chi connectivity index (χ4n) is 2.93. The van der Waals surface area contributed by atoms with Gasteiger partial charge in [-0.15, -0.1) is 0 Å². The van der Waals surface area contributed by atoms with Crippen LogP contribution in [-0.2, 0) is 5.41 Å². The Bertz CT molecular complexity index is 865. The summed E-state index contributed by atoms with van der Waals surface area (Å²) in [5.41, 5.74) is 1.59. The van der Waals surface area contributed by atoms with Crippen LogP contribution in [0, 0.1) is 0 Å². The number of hydrogen-bond acceptors (Lipinski definition) is 3. The number of H-pyrrole nitrogens is 1. The number of aromatic amines is 1. The highest BCUT2D eigenvalue weighted by molar-refractivity contribution is 6.43. The van der Waals surface area contributed by atoms with Crippen molar-refractivity contribution in [1.29, 1.82) is 0 Å². The lowest BCUT2D eigenvalue weighted by Gasteiger charge is -2.34. The van der Waals surface area contributed by atoms with Crippen LogP contribution in [0.1, 0.15) is 47.3 Å². The third-order valence-corrected chi connectivity index (χ3v) is 5.46. The van der Waals surface area contributed by atoms with Crippen molar-refractivity contribution in [2.75, 3.05) is 26.2 Å². The number of rotatable bonds is 2. The van der Waals surface area contributed by atoms with Crippen molar-refractivity contribution in [2.24, 2.45) is 0 Å². The molecule has 0 spiro atoms. The fraction of sp³-hybridized carbons (Fsp3) is 0.421. The van der Waals surface area contributed by atoms with E-state index in [0.29, 0.717) is 42.5 Å². The molecule has 2 aromatic rings. The van der Waals surface area contributed by atoms with Crippen LogP contribution in [0.25, 0.3) is 0 Å². The molecule has 0 atom stereocenters. The molecule has 2 amide bonds. The maximum absolute atomic E-state index is 12.7. The van der Waals surface area contributed by atoms with E-state index >= 15 is 0 Å². The van der Waals surface area contributed by atoms with Gasteiger partial charge in [0.25, 0.3) is 11.8 Å². The molecule has 1 fully saturated rings. The van der Waals surface area contributed by atoms with Crippen molar-refractivity contribution in [2.45, 2.75) is 26.2 Å². The number of piperazine rings is 1. The normalized spacial score (nSPS) is 15.1. The molecule has 1 saturated heterocycles. The summed E-state index contributed by atoms with van der Waals surface area (Å²) in [4.78, 5) is 28.8. The predicted octanol–water partition coefficient (Wildman–Crippen LogP) is 3.61. The minimum Gasteiger partial charge on any atom is -0.335 e. The van der Waals surface area contributed by atoms with Gasteiger partial charge in [-0.3, -0.25) is 14.7 Å². The topological polar surface area (TPSA) is 69.3 Å². The van der Waals surface area contributed by atoms with E-state index in [1.807, 2.05) is 0 Å². The average Bonchev–Trinajstić information content (AvgIpc) is 3.13. The summed E-state index contributed by atoms with van der Waals surface area (Å²) >= 11 is 12.1. The Morgan fingerprint density at radius 3 is 2.19 bits per heavy atom. The molecule has 144 valence electrons. The second-order valence-electron chi connectivity index (χ2n) is 7.60. The second-order valence-corrected chi connectivity index (χ2v) is 8.39. The standard InChI is InChI=1S/C19H22Cl2N4O2/c1-19(2,3)15-11-14(22-23-15)18(27)25-9-7-24(8-10-25)17(26)12-5-4-6-13(20)16(12)21/h4-6,11H,7-10H2,1-3H3,(H,22,23). The Labute approximate surface area is 168 Å². The van der Waals surface area contributed by atoms with Crippen molar-refractivity contribution in [3.63, 3.8) is 0 Å². The Balaban J connectivity index is 1.65.